The molecule has 1 N–H and O–H groups in total. The molecule has 0 fully saturated rings. The summed E-state index contributed by atoms with van der Waals surface area (Å²) < 4.78 is 4.99. The maximum Gasteiger partial charge on any atom is 0.417 e. The first-order chi connectivity index (χ1) is 10.4. The minimum Gasteiger partial charge on any atom is -0.408 e. The average molecular weight is 362 g/mol. The highest BCUT2D eigenvalue weighted by molar-refractivity contribution is 6.43. The highest BCUT2D eigenvalue weighted by Crippen LogP contribution is 2.32. The predicted octanol–water partition coefficient (Wildman–Crippen LogP) is 5.17. The fraction of sp³-hybridized carbons (Fsp3) is 0. The van der Waals surface area contributed by atoms with Crippen molar-refractivity contribution >= 4 is 52.3 Å². The Labute approximate surface area is 139 Å². The SMILES string of the molecule is O=C(Nc1ccc(Cl)c([N+](=O)[O-])c1)Oc1cccc(Cl)c1Cl. The van der Waals surface area contributed by atoms with Gasteiger partial charge in [-0.05, 0) is 24.3 Å². The van der Waals surface area contributed by atoms with Crippen molar-refractivity contribution < 1.29 is 14.5 Å². The van der Waals surface area contributed by atoms with Gasteiger partial charge >= 0.3 is 6.09 Å². The molecule has 0 bridgehead atoms. The van der Waals surface area contributed by atoms with Crippen LogP contribution in [0.3, 0.4) is 0 Å². The van der Waals surface area contributed by atoms with Crippen LogP contribution in [0, 0.1) is 10.1 Å². The minimum absolute atomic E-state index is 0.0400. The number of carbonyl (C=O) groups excluding carboxylic acids is 1. The zero-order chi connectivity index (χ0) is 16.3. The Morgan fingerprint density at radius 2 is 1.86 bits per heavy atom. The molecule has 0 aliphatic carbocycles. The summed E-state index contributed by atoms with van der Waals surface area (Å²) in [6, 6.07) is 8.36. The number of hydrogen-bond donors (Lipinski definition) is 1. The number of nitro groups is 1. The second-order valence-corrected chi connectivity index (χ2v) is 5.18. The topological polar surface area (TPSA) is 81.5 Å². The Kier molecular flexibility index (Phi) is 5.07. The second-order valence-electron chi connectivity index (χ2n) is 3.99. The smallest absolute Gasteiger partial charge is 0.408 e. The molecule has 6 nitrogen and oxygen atoms in total. The van der Waals surface area contributed by atoms with E-state index in [2.05, 4.69) is 5.32 Å². The first-order valence-electron chi connectivity index (χ1n) is 5.75. The molecule has 22 heavy (non-hydrogen) atoms. The molecule has 9 heteroatoms. The number of nitrogens with one attached hydrogen (secondary N) is 1. The molecule has 0 heterocycles. The van der Waals surface area contributed by atoms with E-state index in [4.69, 9.17) is 39.5 Å². The maximum atomic E-state index is 11.8. The summed E-state index contributed by atoms with van der Waals surface area (Å²) in [5.74, 6) is 0.0649. The van der Waals surface area contributed by atoms with Crippen LogP contribution in [-0.2, 0) is 0 Å². The van der Waals surface area contributed by atoms with E-state index in [1.807, 2.05) is 0 Å². The second kappa shape index (κ2) is 6.83. The number of anilines is 1. The Morgan fingerprint density at radius 1 is 1.14 bits per heavy atom. The fourth-order valence-electron chi connectivity index (χ4n) is 1.54. The Hall–Kier alpha value is -2.02. The van der Waals surface area contributed by atoms with Crippen molar-refractivity contribution in [1.29, 1.82) is 0 Å². The van der Waals surface area contributed by atoms with Crippen molar-refractivity contribution in [2.24, 2.45) is 0 Å². The van der Waals surface area contributed by atoms with Crippen molar-refractivity contribution in [2.45, 2.75) is 0 Å². The summed E-state index contributed by atoms with van der Waals surface area (Å²) in [5.41, 5.74) is -0.181. The van der Waals surface area contributed by atoms with Crippen molar-refractivity contribution in [1.82, 2.24) is 0 Å². The molecule has 0 saturated heterocycles. The van der Waals surface area contributed by atoms with Gasteiger partial charge in [0.05, 0.1) is 15.6 Å². The van der Waals surface area contributed by atoms with Gasteiger partial charge in [-0.1, -0.05) is 40.9 Å². The summed E-state index contributed by atoms with van der Waals surface area (Å²) in [6.45, 7) is 0. The number of nitrogens with zero attached hydrogens (tertiary/aromatic N) is 1. The molecule has 1 amide bonds. The highest BCUT2D eigenvalue weighted by Gasteiger charge is 2.15. The molecule has 2 aromatic carbocycles. The quantitative estimate of drug-likeness (QED) is 0.604. The molecule has 0 aliphatic heterocycles. The molecule has 0 aromatic heterocycles. The molecular weight excluding hydrogens is 355 g/mol. The summed E-state index contributed by atoms with van der Waals surface area (Å²) in [6.07, 6.45) is -0.874. The van der Waals surface area contributed by atoms with Crippen LogP contribution < -0.4 is 10.1 Å². The third-order valence-electron chi connectivity index (χ3n) is 2.51. The Balaban J connectivity index is 2.14. The van der Waals surface area contributed by atoms with Crippen LogP contribution in [-0.4, -0.2) is 11.0 Å². The zero-order valence-electron chi connectivity index (χ0n) is 10.7. The van der Waals surface area contributed by atoms with Crippen LogP contribution in [0.2, 0.25) is 15.1 Å². The number of ether oxygens (including phenoxy) is 1. The molecule has 0 saturated carbocycles. The summed E-state index contributed by atoms with van der Waals surface area (Å²) in [5, 5.41) is 13.4. The number of nitro benzene ring substituents is 1. The molecule has 2 rings (SSSR count). The van der Waals surface area contributed by atoms with Gasteiger partial charge in [-0.3, -0.25) is 15.4 Å². The van der Waals surface area contributed by atoms with Gasteiger partial charge in [-0.15, -0.1) is 0 Å². The van der Waals surface area contributed by atoms with Crippen LogP contribution in [0.1, 0.15) is 0 Å². The van der Waals surface area contributed by atoms with Crippen molar-refractivity contribution in [3.63, 3.8) is 0 Å². The first-order valence-corrected chi connectivity index (χ1v) is 6.88. The molecule has 2 aromatic rings. The third kappa shape index (κ3) is 3.79. The molecule has 0 aliphatic rings. The van der Waals surface area contributed by atoms with Gasteiger partial charge in [0, 0.05) is 6.07 Å². The first kappa shape index (κ1) is 16.4. The lowest BCUT2D eigenvalue weighted by atomic mass is 10.3. The number of carbonyl (C=O) groups is 1. The van der Waals surface area contributed by atoms with E-state index in [0.29, 0.717) is 0 Å². The standard InChI is InChI=1S/C13H7Cl3N2O4/c14-8-5-4-7(6-10(8)18(20)21)17-13(19)22-11-3-1-2-9(15)12(11)16/h1-6H,(H,17,19). The number of rotatable bonds is 3. The molecule has 0 atom stereocenters. The van der Waals surface area contributed by atoms with Crippen LogP contribution in [0.4, 0.5) is 16.2 Å². The zero-order valence-corrected chi connectivity index (χ0v) is 12.9. The van der Waals surface area contributed by atoms with Gasteiger partial charge in [-0.2, -0.15) is 0 Å². The van der Waals surface area contributed by atoms with Gasteiger partial charge in [0.15, 0.2) is 5.75 Å². The van der Waals surface area contributed by atoms with Gasteiger partial charge in [-0.25, -0.2) is 4.79 Å². The van der Waals surface area contributed by atoms with Gasteiger partial charge in [0.1, 0.15) is 10.0 Å². The molecule has 0 radical (unpaired) electrons. The van der Waals surface area contributed by atoms with E-state index in [1.165, 1.54) is 24.3 Å². The van der Waals surface area contributed by atoms with E-state index in [-0.39, 0.29) is 32.2 Å². The average Bonchev–Trinajstić information content (AvgIpc) is 2.45. The lowest BCUT2D eigenvalue weighted by Gasteiger charge is -2.08. The largest absolute Gasteiger partial charge is 0.417 e. The number of benzene rings is 2. The van der Waals surface area contributed by atoms with E-state index in [0.717, 1.165) is 6.07 Å². The van der Waals surface area contributed by atoms with E-state index < -0.39 is 11.0 Å². The number of hydrogen-bond acceptors (Lipinski definition) is 4. The summed E-state index contributed by atoms with van der Waals surface area (Å²) >= 11 is 17.4. The van der Waals surface area contributed by atoms with E-state index in [9.17, 15) is 14.9 Å². The lowest BCUT2D eigenvalue weighted by molar-refractivity contribution is -0.384. The van der Waals surface area contributed by atoms with Crippen LogP contribution in [0.15, 0.2) is 36.4 Å². The summed E-state index contributed by atoms with van der Waals surface area (Å²) in [4.78, 5) is 21.9. The maximum absolute atomic E-state index is 11.8. The van der Waals surface area contributed by atoms with Gasteiger partial charge in [0.2, 0.25) is 0 Å². The normalized spacial score (nSPS) is 10.1. The molecule has 0 spiro atoms. The van der Waals surface area contributed by atoms with Crippen LogP contribution >= 0.6 is 34.8 Å². The fourth-order valence-corrected chi connectivity index (χ4v) is 2.05. The molecule has 114 valence electrons. The Morgan fingerprint density at radius 3 is 2.55 bits per heavy atom. The minimum atomic E-state index is -0.874. The molecule has 0 unspecified atom stereocenters. The van der Waals surface area contributed by atoms with Gasteiger partial charge in [0.25, 0.3) is 5.69 Å². The lowest BCUT2D eigenvalue weighted by Crippen LogP contribution is -2.17. The number of amides is 1. The van der Waals surface area contributed by atoms with Crippen LogP contribution in [0.25, 0.3) is 0 Å². The van der Waals surface area contributed by atoms with Gasteiger partial charge < -0.3 is 4.74 Å². The third-order valence-corrected chi connectivity index (χ3v) is 3.63. The Bertz CT molecular complexity index is 752. The van der Waals surface area contributed by atoms with Crippen molar-refractivity contribution in [2.75, 3.05) is 5.32 Å². The monoisotopic (exact) mass is 360 g/mol. The van der Waals surface area contributed by atoms with Crippen molar-refractivity contribution in [3.8, 4) is 5.75 Å². The van der Waals surface area contributed by atoms with Crippen LogP contribution in [0.5, 0.6) is 5.75 Å². The highest BCUT2D eigenvalue weighted by atomic mass is 35.5. The molecular formula is C13H7Cl3N2O4. The van der Waals surface area contributed by atoms with E-state index in [1.54, 1.807) is 6.07 Å². The summed E-state index contributed by atoms with van der Waals surface area (Å²) in [7, 11) is 0. The van der Waals surface area contributed by atoms with Crippen molar-refractivity contribution in [3.05, 3.63) is 61.6 Å². The van der Waals surface area contributed by atoms with E-state index >= 15 is 0 Å². The predicted molar refractivity (Wildman–Crippen MR) is 84.2 cm³/mol. The number of halogens is 3.